The van der Waals surface area contributed by atoms with Crippen molar-refractivity contribution < 1.29 is 9.53 Å². The van der Waals surface area contributed by atoms with Gasteiger partial charge in [-0.15, -0.1) is 0 Å². The van der Waals surface area contributed by atoms with E-state index in [1.54, 1.807) is 0 Å². The van der Waals surface area contributed by atoms with E-state index in [0.717, 1.165) is 42.9 Å². The normalized spacial score (nSPS) is 19.4. The Hall–Kier alpha value is -1.55. The number of ether oxygens (including phenoxy) is 1. The highest BCUT2D eigenvalue weighted by molar-refractivity contribution is 5.81. The minimum atomic E-state index is -0.447. The van der Waals surface area contributed by atoms with E-state index in [4.69, 9.17) is 4.74 Å². The van der Waals surface area contributed by atoms with Crippen LogP contribution in [-0.2, 0) is 4.79 Å². The van der Waals surface area contributed by atoms with Crippen LogP contribution in [0.15, 0.2) is 18.2 Å². The molecule has 1 aromatic rings. The van der Waals surface area contributed by atoms with Crippen molar-refractivity contribution in [2.45, 2.75) is 52.6 Å². The lowest BCUT2D eigenvalue weighted by Crippen LogP contribution is -2.47. The maximum Gasteiger partial charge on any atom is 0.263 e. The number of hydrogen-bond donors (Lipinski definition) is 1. The molecule has 1 N–H and O–H groups in total. The second-order valence-corrected chi connectivity index (χ2v) is 7.31. The Bertz CT molecular complexity index is 555. The van der Waals surface area contributed by atoms with Crippen molar-refractivity contribution in [2.75, 3.05) is 26.7 Å². The molecule has 1 saturated heterocycles. The maximum atomic E-state index is 12.8. The predicted molar refractivity (Wildman–Crippen MR) is 98.6 cm³/mol. The van der Waals surface area contributed by atoms with Crippen molar-refractivity contribution in [1.82, 2.24) is 10.2 Å². The van der Waals surface area contributed by atoms with Crippen molar-refractivity contribution in [2.24, 2.45) is 5.92 Å². The summed E-state index contributed by atoms with van der Waals surface area (Å²) in [6.45, 7) is 10.9. The third-order valence-corrected chi connectivity index (χ3v) is 4.77. The number of carbonyl (C=O) groups is 1. The Morgan fingerprint density at radius 2 is 2.12 bits per heavy atom. The summed E-state index contributed by atoms with van der Waals surface area (Å²) < 4.78 is 6.09. The van der Waals surface area contributed by atoms with Crippen molar-refractivity contribution >= 4 is 5.91 Å². The highest BCUT2D eigenvalue weighted by atomic mass is 16.5. The molecule has 1 aliphatic rings. The minimum Gasteiger partial charge on any atom is -0.481 e. The van der Waals surface area contributed by atoms with Crippen LogP contribution in [0.25, 0.3) is 0 Å². The fourth-order valence-electron chi connectivity index (χ4n) is 3.44. The van der Waals surface area contributed by atoms with Gasteiger partial charge in [0.2, 0.25) is 0 Å². The number of benzene rings is 1. The van der Waals surface area contributed by atoms with Crippen molar-refractivity contribution in [1.29, 1.82) is 0 Å². The Morgan fingerprint density at radius 1 is 1.38 bits per heavy atom. The maximum absolute atomic E-state index is 12.8. The third-order valence-electron chi connectivity index (χ3n) is 4.77. The molecule has 2 atom stereocenters. The van der Waals surface area contributed by atoms with Gasteiger partial charge in [-0.25, -0.2) is 0 Å². The zero-order valence-electron chi connectivity index (χ0n) is 15.8. The number of amides is 1. The van der Waals surface area contributed by atoms with Crippen LogP contribution < -0.4 is 10.1 Å². The Labute approximate surface area is 146 Å². The van der Waals surface area contributed by atoms with Crippen LogP contribution in [-0.4, -0.2) is 43.6 Å². The van der Waals surface area contributed by atoms with Crippen molar-refractivity contribution in [3.05, 3.63) is 29.3 Å². The largest absolute Gasteiger partial charge is 0.481 e. The molecule has 2 rings (SSSR count). The lowest BCUT2D eigenvalue weighted by Gasteiger charge is -2.34. The second-order valence-electron chi connectivity index (χ2n) is 7.31. The molecule has 1 fully saturated rings. The number of nitrogens with one attached hydrogen (secondary N) is 1. The molecule has 0 aliphatic carbocycles. The molecule has 0 saturated carbocycles. The zero-order valence-corrected chi connectivity index (χ0v) is 15.8. The zero-order chi connectivity index (χ0) is 17.7. The number of nitrogens with zero attached hydrogens (tertiary/aromatic N) is 1. The van der Waals surface area contributed by atoms with Gasteiger partial charge in [0.15, 0.2) is 6.10 Å². The molecule has 0 aromatic heterocycles. The van der Waals surface area contributed by atoms with Crippen LogP contribution in [0, 0.1) is 12.8 Å². The van der Waals surface area contributed by atoms with Gasteiger partial charge in [-0.3, -0.25) is 4.79 Å². The summed E-state index contributed by atoms with van der Waals surface area (Å²) in [6.07, 6.45) is 1.82. The first kappa shape index (κ1) is 18.8. The summed E-state index contributed by atoms with van der Waals surface area (Å²) in [7, 11) is 1.97. The number of carbonyl (C=O) groups excluding carboxylic acids is 1. The van der Waals surface area contributed by atoms with Crippen molar-refractivity contribution in [3.8, 4) is 5.75 Å². The average molecular weight is 332 g/mol. The summed E-state index contributed by atoms with van der Waals surface area (Å²) in [5, 5.41) is 3.22. The molecule has 134 valence electrons. The number of hydrogen-bond acceptors (Lipinski definition) is 3. The van der Waals surface area contributed by atoms with Crippen LogP contribution in [0.5, 0.6) is 5.75 Å². The molecule has 1 aliphatic heterocycles. The molecule has 0 spiro atoms. The van der Waals surface area contributed by atoms with E-state index in [9.17, 15) is 4.79 Å². The van der Waals surface area contributed by atoms with Gasteiger partial charge < -0.3 is 15.0 Å². The first-order chi connectivity index (χ1) is 11.4. The fourth-order valence-corrected chi connectivity index (χ4v) is 3.44. The molecule has 0 radical (unpaired) electrons. The molecule has 0 bridgehead atoms. The number of piperidine rings is 1. The Kier molecular flexibility index (Phi) is 6.67. The SMILES string of the molecule is CNC[C@@H]1CCCN(C(=O)[C@H](C)Oc2cc(C)ccc2C(C)C)C1. The topological polar surface area (TPSA) is 41.6 Å². The van der Waals surface area contributed by atoms with E-state index in [-0.39, 0.29) is 5.91 Å². The van der Waals surface area contributed by atoms with Gasteiger partial charge in [0, 0.05) is 13.1 Å². The van der Waals surface area contributed by atoms with Gasteiger partial charge in [-0.2, -0.15) is 0 Å². The molecule has 1 aromatic carbocycles. The number of likely N-dealkylation sites (tertiary alicyclic amines) is 1. The number of aryl methyl sites for hydroxylation is 1. The third kappa shape index (κ3) is 4.73. The first-order valence-electron chi connectivity index (χ1n) is 9.13. The first-order valence-corrected chi connectivity index (χ1v) is 9.13. The summed E-state index contributed by atoms with van der Waals surface area (Å²) in [5.74, 6) is 1.87. The van der Waals surface area contributed by atoms with E-state index < -0.39 is 6.10 Å². The Balaban J connectivity index is 2.05. The monoisotopic (exact) mass is 332 g/mol. The second kappa shape index (κ2) is 8.52. The lowest BCUT2D eigenvalue weighted by molar-refractivity contribution is -0.139. The molecule has 4 nitrogen and oxygen atoms in total. The summed E-state index contributed by atoms with van der Waals surface area (Å²) in [5.41, 5.74) is 2.31. The van der Waals surface area contributed by atoms with E-state index in [2.05, 4.69) is 38.2 Å². The molecule has 1 amide bonds. The molecule has 24 heavy (non-hydrogen) atoms. The highest BCUT2D eigenvalue weighted by Gasteiger charge is 2.28. The predicted octanol–water partition coefficient (Wildman–Crippen LogP) is 3.34. The van der Waals surface area contributed by atoms with Crippen LogP contribution in [0.2, 0.25) is 0 Å². The quantitative estimate of drug-likeness (QED) is 0.869. The molecule has 4 heteroatoms. The molecular weight excluding hydrogens is 300 g/mol. The van der Waals surface area contributed by atoms with E-state index in [1.165, 1.54) is 6.42 Å². The van der Waals surface area contributed by atoms with Gasteiger partial charge in [0.25, 0.3) is 5.91 Å². The van der Waals surface area contributed by atoms with E-state index in [1.807, 2.05) is 24.9 Å². The molecule has 1 heterocycles. The van der Waals surface area contributed by atoms with Gasteiger partial charge in [0.05, 0.1) is 0 Å². The number of rotatable bonds is 6. The standard InChI is InChI=1S/C20H32N2O2/c1-14(2)18-9-8-15(3)11-19(18)24-16(4)20(23)22-10-6-7-17(13-22)12-21-5/h8-9,11,14,16-17,21H,6-7,10,12-13H2,1-5H3/t16-,17-/m0/s1. The van der Waals surface area contributed by atoms with Crippen LogP contribution in [0.3, 0.4) is 0 Å². The highest BCUT2D eigenvalue weighted by Crippen LogP contribution is 2.29. The van der Waals surface area contributed by atoms with Crippen LogP contribution >= 0.6 is 0 Å². The minimum absolute atomic E-state index is 0.104. The summed E-state index contributed by atoms with van der Waals surface area (Å²) in [4.78, 5) is 14.8. The van der Waals surface area contributed by atoms with Crippen molar-refractivity contribution in [3.63, 3.8) is 0 Å². The smallest absolute Gasteiger partial charge is 0.263 e. The summed E-state index contributed by atoms with van der Waals surface area (Å²) >= 11 is 0. The van der Waals surface area contributed by atoms with Gasteiger partial charge in [-0.05, 0) is 69.3 Å². The van der Waals surface area contributed by atoms with E-state index in [0.29, 0.717) is 11.8 Å². The average Bonchev–Trinajstić information content (AvgIpc) is 2.54. The van der Waals surface area contributed by atoms with Crippen LogP contribution in [0.4, 0.5) is 0 Å². The van der Waals surface area contributed by atoms with Gasteiger partial charge in [0.1, 0.15) is 5.75 Å². The van der Waals surface area contributed by atoms with Gasteiger partial charge >= 0.3 is 0 Å². The van der Waals surface area contributed by atoms with E-state index >= 15 is 0 Å². The molecular formula is C20H32N2O2. The lowest BCUT2D eigenvalue weighted by atomic mass is 9.97. The van der Waals surface area contributed by atoms with Gasteiger partial charge in [-0.1, -0.05) is 26.0 Å². The van der Waals surface area contributed by atoms with Crippen LogP contribution in [0.1, 0.15) is 50.7 Å². The fraction of sp³-hybridized carbons (Fsp3) is 0.650. The summed E-state index contributed by atoms with van der Waals surface area (Å²) in [6, 6.07) is 6.25. The molecule has 0 unspecified atom stereocenters. The Morgan fingerprint density at radius 3 is 2.79 bits per heavy atom.